The molecule has 0 radical (unpaired) electrons. The van der Waals surface area contributed by atoms with Gasteiger partial charge < -0.3 is 20.0 Å². The zero-order valence-corrected chi connectivity index (χ0v) is 20.2. The molecule has 0 aliphatic carbocycles. The minimum Gasteiger partial charge on any atom is -0.368 e. The van der Waals surface area contributed by atoms with E-state index >= 15 is 0 Å². The third-order valence-corrected chi connectivity index (χ3v) is 6.07. The maximum Gasteiger partial charge on any atom is 0.253 e. The number of rotatable bonds is 6. The van der Waals surface area contributed by atoms with Gasteiger partial charge in [0.05, 0.1) is 0 Å². The van der Waals surface area contributed by atoms with Gasteiger partial charge in [0, 0.05) is 64.6 Å². The van der Waals surface area contributed by atoms with E-state index in [1.54, 1.807) is 19.0 Å². The quantitative estimate of drug-likeness (QED) is 0.559. The lowest BCUT2D eigenvalue weighted by molar-refractivity contribution is 0.0827. The van der Waals surface area contributed by atoms with Crippen LogP contribution in [0.2, 0.25) is 0 Å². The first kappa shape index (κ1) is 23.6. The molecule has 1 saturated heterocycles. The molecule has 0 bridgehead atoms. The van der Waals surface area contributed by atoms with Gasteiger partial charge in [-0.3, -0.25) is 9.79 Å². The van der Waals surface area contributed by atoms with Crippen LogP contribution in [0.25, 0.3) is 0 Å². The normalized spacial score (nSPS) is 14.5. The number of nitrogens with one attached hydrogen (secondary N) is 1. The zero-order chi connectivity index (χ0) is 23.1. The number of carbonyl (C=O) groups is 1. The van der Waals surface area contributed by atoms with Crippen molar-refractivity contribution in [1.29, 1.82) is 0 Å². The lowest BCUT2D eigenvalue weighted by atomic mass is 10.1. The Kier molecular flexibility index (Phi) is 8.14. The van der Waals surface area contributed by atoms with Gasteiger partial charge in [-0.1, -0.05) is 24.3 Å². The fraction of sp³-hybridized carbons (Fsp3) is 0.462. The van der Waals surface area contributed by atoms with Crippen molar-refractivity contribution in [2.24, 2.45) is 4.99 Å². The molecule has 0 aromatic heterocycles. The number of aliphatic imine (C=N–C) groups is 1. The van der Waals surface area contributed by atoms with E-state index in [2.05, 4.69) is 60.2 Å². The van der Waals surface area contributed by atoms with Crippen molar-refractivity contribution >= 4 is 17.6 Å². The Bertz CT molecular complexity index is 945. The molecule has 172 valence electrons. The number of amides is 1. The number of hydrogen-bond donors (Lipinski definition) is 1. The molecule has 6 heteroatoms. The topological polar surface area (TPSA) is 51.2 Å². The molecule has 1 N–H and O–H groups in total. The monoisotopic (exact) mass is 435 g/mol. The molecule has 0 unspecified atom stereocenters. The van der Waals surface area contributed by atoms with Crippen LogP contribution in [0.1, 0.15) is 34.0 Å². The van der Waals surface area contributed by atoms with Gasteiger partial charge in [0.15, 0.2) is 5.96 Å². The highest BCUT2D eigenvalue weighted by atomic mass is 16.2. The van der Waals surface area contributed by atoms with Crippen molar-refractivity contribution < 1.29 is 4.79 Å². The minimum atomic E-state index is 0.0328. The van der Waals surface area contributed by atoms with Crippen molar-refractivity contribution in [2.45, 2.75) is 27.2 Å². The summed E-state index contributed by atoms with van der Waals surface area (Å²) in [7, 11) is 3.56. The van der Waals surface area contributed by atoms with Crippen LogP contribution in [-0.4, -0.2) is 75.0 Å². The molecule has 2 aromatic carbocycles. The summed E-state index contributed by atoms with van der Waals surface area (Å²) in [5.74, 6) is 1.01. The Labute approximate surface area is 192 Å². The van der Waals surface area contributed by atoms with Crippen LogP contribution in [-0.2, 0) is 6.42 Å². The summed E-state index contributed by atoms with van der Waals surface area (Å²) >= 11 is 0. The van der Waals surface area contributed by atoms with Crippen LogP contribution in [0.5, 0.6) is 0 Å². The summed E-state index contributed by atoms with van der Waals surface area (Å²) in [6.45, 7) is 11.9. The van der Waals surface area contributed by atoms with E-state index in [4.69, 9.17) is 4.99 Å². The van der Waals surface area contributed by atoms with E-state index < -0.39 is 0 Å². The second-order valence-electron chi connectivity index (χ2n) is 8.58. The summed E-state index contributed by atoms with van der Waals surface area (Å²) in [5, 5.41) is 3.45. The number of aryl methyl sites for hydroxylation is 1. The number of carbonyl (C=O) groups excluding carboxylic acids is 1. The highest BCUT2D eigenvalue weighted by Crippen LogP contribution is 2.23. The van der Waals surface area contributed by atoms with Crippen LogP contribution in [0.4, 0.5) is 5.69 Å². The van der Waals surface area contributed by atoms with Crippen molar-refractivity contribution in [3.63, 3.8) is 0 Å². The van der Waals surface area contributed by atoms with E-state index in [-0.39, 0.29) is 5.91 Å². The summed E-state index contributed by atoms with van der Waals surface area (Å²) in [4.78, 5) is 23.6. The molecule has 1 amide bonds. The summed E-state index contributed by atoms with van der Waals surface area (Å²) < 4.78 is 0. The standard InChI is InChI=1S/C26H37N5O/c1-6-27-26(28-14-13-22-10-8-11-23(19-22)25(32)29(4)5)31-17-15-30(16-18-31)24-12-7-9-20(2)21(24)3/h7-12,19H,6,13-18H2,1-5H3,(H,27,28). The largest absolute Gasteiger partial charge is 0.368 e. The lowest BCUT2D eigenvalue weighted by Gasteiger charge is -2.38. The molecule has 3 rings (SSSR count). The first-order valence-electron chi connectivity index (χ1n) is 11.6. The number of guanidine groups is 1. The summed E-state index contributed by atoms with van der Waals surface area (Å²) in [6, 6.07) is 14.4. The van der Waals surface area contributed by atoms with E-state index in [1.807, 2.05) is 18.2 Å². The van der Waals surface area contributed by atoms with Crippen LogP contribution in [0, 0.1) is 13.8 Å². The van der Waals surface area contributed by atoms with Crippen molar-refractivity contribution in [2.75, 3.05) is 58.3 Å². The molecule has 0 atom stereocenters. The van der Waals surface area contributed by atoms with E-state index in [1.165, 1.54) is 16.8 Å². The first-order valence-corrected chi connectivity index (χ1v) is 11.6. The van der Waals surface area contributed by atoms with Crippen LogP contribution >= 0.6 is 0 Å². The molecule has 0 spiro atoms. The van der Waals surface area contributed by atoms with Crippen molar-refractivity contribution in [3.05, 3.63) is 64.7 Å². The zero-order valence-electron chi connectivity index (χ0n) is 20.2. The Morgan fingerprint density at radius 1 is 1.06 bits per heavy atom. The maximum atomic E-state index is 12.2. The number of nitrogens with zero attached hydrogens (tertiary/aromatic N) is 4. The Morgan fingerprint density at radius 2 is 1.78 bits per heavy atom. The number of piperazine rings is 1. The molecule has 1 heterocycles. The molecule has 2 aromatic rings. The third kappa shape index (κ3) is 5.81. The molecule has 32 heavy (non-hydrogen) atoms. The fourth-order valence-corrected chi connectivity index (χ4v) is 4.07. The molecule has 1 aliphatic rings. The summed E-state index contributed by atoms with van der Waals surface area (Å²) in [6.07, 6.45) is 0.811. The minimum absolute atomic E-state index is 0.0328. The van der Waals surface area contributed by atoms with Gasteiger partial charge in [0.25, 0.3) is 5.91 Å². The Hall–Kier alpha value is -3.02. The van der Waals surface area contributed by atoms with Gasteiger partial charge in [-0.15, -0.1) is 0 Å². The highest BCUT2D eigenvalue weighted by molar-refractivity contribution is 5.94. The second-order valence-corrected chi connectivity index (χ2v) is 8.58. The van der Waals surface area contributed by atoms with Gasteiger partial charge in [-0.2, -0.15) is 0 Å². The molecule has 6 nitrogen and oxygen atoms in total. The Balaban J connectivity index is 1.60. The van der Waals surface area contributed by atoms with Crippen LogP contribution in [0.15, 0.2) is 47.5 Å². The summed E-state index contributed by atoms with van der Waals surface area (Å²) in [5.41, 5.74) is 5.93. The van der Waals surface area contributed by atoms with E-state index in [9.17, 15) is 4.79 Å². The number of anilines is 1. The SMILES string of the molecule is CCNC(=NCCc1cccc(C(=O)N(C)C)c1)N1CCN(c2cccc(C)c2C)CC1. The average Bonchev–Trinajstić information content (AvgIpc) is 2.80. The predicted octanol–water partition coefficient (Wildman–Crippen LogP) is 3.34. The van der Waals surface area contributed by atoms with Crippen molar-refractivity contribution in [3.8, 4) is 0 Å². The van der Waals surface area contributed by atoms with Crippen LogP contribution < -0.4 is 10.2 Å². The molecular formula is C26H37N5O. The Morgan fingerprint density at radius 3 is 2.47 bits per heavy atom. The van der Waals surface area contributed by atoms with Gasteiger partial charge in [-0.05, 0) is 62.1 Å². The predicted molar refractivity (Wildman–Crippen MR) is 134 cm³/mol. The van der Waals surface area contributed by atoms with E-state index in [0.717, 1.165) is 56.2 Å². The van der Waals surface area contributed by atoms with Gasteiger partial charge in [-0.25, -0.2) is 0 Å². The first-order chi connectivity index (χ1) is 15.4. The maximum absolute atomic E-state index is 12.2. The fourth-order valence-electron chi connectivity index (χ4n) is 4.07. The van der Waals surface area contributed by atoms with E-state index in [0.29, 0.717) is 6.54 Å². The molecule has 1 fully saturated rings. The second kappa shape index (κ2) is 11.0. The van der Waals surface area contributed by atoms with Gasteiger partial charge in [0.1, 0.15) is 0 Å². The van der Waals surface area contributed by atoms with Crippen molar-refractivity contribution in [1.82, 2.24) is 15.1 Å². The lowest BCUT2D eigenvalue weighted by Crippen LogP contribution is -2.52. The smallest absolute Gasteiger partial charge is 0.253 e. The highest BCUT2D eigenvalue weighted by Gasteiger charge is 2.21. The van der Waals surface area contributed by atoms with Gasteiger partial charge >= 0.3 is 0 Å². The third-order valence-electron chi connectivity index (χ3n) is 6.07. The van der Waals surface area contributed by atoms with Crippen LogP contribution in [0.3, 0.4) is 0 Å². The number of hydrogen-bond acceptors (Lipinski definition) is 3. The van der Waals surface area contributed by atoms with Gasteiger partial charge in [0.2, 0.25) is 0 Å². The average molecular weight is 436 g/mol. The molecule has 1 aliphatic heterocycles. The molecule has 0 saturated carbocycles. The molecular weight excluding hydrogens is 398 g/mol. The number of benzene rings is 2.